The summed E-state index contributed by atoms with van der Waals surface area (Å²) >= 11 is 0. The molecule has 0 aromatic rings. The summed E-state index contributed by atoms with van der Waals surface area (Å²) < 4.78 is 26.0. The number of phosphoric acid groups is 1. The molecule has 2 atom stereocenters. The monoisotopic (exact) mass is 699 g/mol. The minimum absolute atomic E-state index is 0.186. The molecule has 0 heterocycles. The Labute approximate surface area is 294 Å². The number of hydrogen-bond acceptors (Lipinski definition) is 7. The quantitative estimate of drug-likeness (QED) is 0.0297. The second kappa shape index (κ2) is 35.4. The molecular formula is C39H72O8P-. The van der Waals surface area contributed by atoms with Gasteiger partial charge in [-0.3, -0.25) is 14.2 Å². The van der Waals surface area contributed by atoms with E-state index >= 15 is 0 Å². The molecule has 0 radical (unpaired) electrons. The van der Waals surface area contributed by atoms with Crippen molar-refractivity contribution in [3.05, 3.63) is 24.3 Å². The highest BCUT2D eigenvalue weighted by Crippen LogP contribution is 2.30. The molecule has 0 aliphatic carbocycles. The van der Waals surface area contributed by atoms with Gasteiger partial charge in [-0.25, -0.2) is 0 Å². The van der Waals surface area contributed by atoms with Crippen molar-refractivity contribution < 1.29 is 37.9 Å². The van der Waals surface area contributed by atoms with Gasteiger partial charge in [0.15, 0.2) is 6.10 Å². The van der Waals surface area contributed by atoms with Gasteiger partial charge in [0.05, 0.1) is 6.61 Å². The lowest BCUT2D eigenvalue weighted by Crippen LogP contribution is -2.30. The van der Waals surface area contributed by atoms with Crippen LogP contribution in [0.2, 0.25) is 0 Å². The van der Waals surface area contributed by atoms with Crippen LogP contribution in [0.25, 0.3) is 0 Å². The minimum atomic E-state index is -5.00. The summed E-state index contributed by atoms with van der Waals surface area (Å²) in [5.41, 5.74) is 0. The molecule has 0 rings (SSSR count). The van der Waals surface area contributed by atoms with Gasteiger partial charge in [0.25, 0.3) is 7.82 Å². The van der Waals surface area contributed by atoms with E-state index < -0.39 is 32.5 Å². The van der Waals surface area contributed by atoms with Crippen molar-refractivity contribution in [3.63, 3.8) is 0 Å². The Morgan fingerprint density at radius 1 is 0.562 bits per heavy atom. The van der Waals surface area contributed by atoms with Gasteiger partial charge in [-0.2, -0.15) is 0 Å². The number of ether oxygens (including phenoxy) is 2. The van der Waals surface area contributed by atoms with Gasteiger partial charge in [-0.15, -0.1) is 0 Å². The molecule has 1 N–H and O–H groups in total. The minimum Gasteiger partial charge on any atom is -0.756 e. The van der Waals surface area contributed by atoms with E-state index in [-0.39, 0.29) is 19.4 Å². The maximum Gasteiger partial charge on any atom is 0.306 e. The van der Waals surface area contributed by atoms with Crippen molar-refractivity contribution in [2.24, 2.45) is 0 Å². The van der Waals surface area contributed by atoms with E-state index in [9.17, 15) is 19.0 Å². The fraction of sp³-hybridized carbons (Fsp3) is 0.846. The molecule has 0 saturated carbocycles. The number of allylic oxidation sites excluding steroid dienone is 4. The third-order valence-electron chi connectivity index (χ3n) is 8.44. The molecule has 0 amide bonds. The number of esters is 2. The lowest BCUT2D eigenvalue weighted by atomic mass is 10.1. The van der Waals surface area contributed by atoms with Gasteiger partial charge in [-0.1, -0.05) is 141 Å². The van der Waals surface area contributed by atoms with Gasteiger partial charge in [0.2, 0.25) is 0 Å². The lowest BCUT2D eigenvalue weighted by Gasteiger charge is -2.21. The molecule has 9 heteroatoms. The normalized spacial score (nSPS) is 13.7. The summed E-state index contributed by atoms with van der Waals surface area (Å²) in [6, 6.07) is 0. The van der Waals surface area contributed by atoms with Crippen molar-refractivity contribution in [3.8, 4) is 0 Å². The van der Waals surface area contributed by atoms with Crippen LogP contribution >= 0.6 is 7.82 Å². The van der Waals surface area contributed by atoms with E-state index in [1.165, 1.54) is 89.9 Å². The standard InChI is InChI=1S/C39H73O8P/c1-3-5-7-9-11-13-15-17-19-21-23-25-27-29-31-33-38(40)45-35-37(36-46-48(42,43)44)47-39(41)34-32-30-28-26-24-22-20-18-16-14-12-10-8-6-4-2/h17-20,37H,3-16,21-36H2,1-2H3,(H2,42,43,44)/p-1/b19-17-,20-18-. The smallest absolute Gasteiger partial charge is 0.306 e. The molecule has 0 bridgehead atoms. The Hall–Kier alpha value is -1.47. The van der Waals surface area contributed by atoms with Crippen LogP contribution in [0.5, 0.6) is 0 Å². The molecule has 0 aromatic carbocycles. The van der Waals surface area contributed by atoms with Crippen LogP contribution in [0.15, 0.2) is 24.3 Å². The highest BCUT2D eigenvalue weighted by molar-refractivity contribution is 7.44. The van der Waals surface area contributed by atoms with Crippen LogP contribution < -0.4 is 4.89 Å². The molecule has 2 unspecified atom stereocenters. The Morgan fingerprint density at radius 2 is 0.917 bits per heavy atom. The van der Waals surface area contributed by atoms with E-state index in [0.717, 1.165) is 64.2 Å². The molecule has 0 saturated heterocycles. The molecule has 0 spiro atoms. The van der Waals surface area contributed by atoms with Gasteiger partial charge in [0, 0.05) is 12.8 Å². The number of rotatable bonds is 36. The maximum atomic E-state index is 12.3. The van der Waals surface area contributed by atoms with E-state index in [1.807, 2.05) is 0 Å². The third kappa shape index (κ3) is 37.4. The topological polar surface area (TPSA) is 122 Å². The zero-order valence-electron chi connectivity index (χ0n) is 30.9. The zero-order chi connectivity index (χ0) is 35.4. The van der Waals surface area contributed by atoms with E-state index in [4.69, 9.17) is 14.4 Å². The molecule has 282 valence electrons. The number of carbonyl (C=O) groups excluding carboxylic acids is 2. The van der Waals surface area contributed by atoms with E-state index in [2.05, 4.69) is 42.7 Å². The molecule has 0 aliphatic rings. The fourth-order valence-corrected chi connectivity index (χ4v) is 5.83. The van der Waals surface area contributed by atoms with Crippen LogP contribution in [0.3, 0.4) is 0 Å². The molecule has 8 nitrogen and oxygen atoms in total. The SMILES string of the molecule is CCCCCCCC/C=C\CCCCCCCC(=O)OCC(COP(=O)([O-])O)OC(=O)CCCCCCC/C=C\CCCCCCCC. The van der Waals surface area contributed by atoms with Gasteiger partial charge in [0.1, 0.15) is 6.61 Å². The summed E-state index contributed by atoms with van der Waals surface area (Å²) in [5, 5.41) is 0. The summed E-state index contributed by atoms with van der Waals surface area (Å²) in [5.74, 6) is -0.937. The third-order valence-corrected chi connectivity index (χ3v) is 8.91. The number of phosphoric ester groups is 1. The first-order valence-electron chi connectivity index (χ1n) is 19.6. The predicted molar refractivity (Wildman–Crippen MR) is 196 cm³/mol. The number of hydrogen-bond donors (Lipinski definition) is 1. The average Bonchev–Trinajstić information content (AvgIpc) is 3.05. The highest BCUT2D eigenvalue weighted by Gasteiger charge is 2.19. The highest BCUT2D eigenvalue weighted by atomic mass is 31.2. The van der Waals surface area contributed by atoms with Crippen molar-refractivity contribution in [1.82, 2.24) is 0 Å². The predicted octanol–water partition coefficient (Wildman–Crippen LogP) is 11.0. The van der Waals surface area contributed by atoms with Crippen LogP contribution in [0.4, 0.5) is 0 Å². The van der Waals surface area contributed by atoms with Crippen molar-refractivity contribution >= 4 is 19.8 Å². The van der Waals surface area contributed by atoms with Gasteiger partial charge in [-0.05, 0) is 64.2 Å². The van der Waals surface area contributed by atoms with Crippen LogP contribution in [0, 0.1) is 0 Å². The molecule has 0 aliphatic heterocycles. The van der Waals surface area contributed by atoms with Crippen molar-refractivity contribution in [2.45, 2.75) is 200 Å². The van der Waals surface area contributed by atoms with Gasteiger partial charge < -0.3 is 23.8 Å². The lowest BCUT2D eigenvalue weighted by molar-refractivity contribution is -0.223. The van der Waals surface area contributed by atoms with Crippen LogP contribution in [-0.2, 0) is 28.2 Å². The maximum absolute atomic E-state index is 12.3. The van der Waals surface area contributed by atoms with Gasteiger partial charge >= 0.3 is 11.9 Å². The first-order chi connectivity index (χ1) is 23.3. The number of carbonyl (C=O) groups is 2. The fourth-order valence-electron chi connectivity index (χ4n) is 5.48. The van der Waals surface area contributed by atoms with Crippen molar-refractivity contribution in [1.29, 1.82) is 0 Å². The molecular weight excluding hydrogens is 627 g/mol. The van der Waals surface area contributed by atoms with Crippen LogP contribution in [0.1, 0.15) is 194 Å². The van der Waals surface area contributed by atoms with E-state index in [0.29, 0.717) is 12.8 Å². The first kappa shape index (κ1) is 46.5. The molecule has 0 aromatic heterocycles. The second-order valence-electron chi connectivity index (χ2n) is 13.2. The molecule has 48 heavy (non-hydrogen) atoms. The van der Waals surface area contributed by atoms with Crippen LogP contribution in [-0.4, -0.2) is 36.1 Å². The summed E-state index contributed by atoms with van der Waals surface area (Å²) in [4.78, 5) is 44.6. The largest absolute Gasteiger partial charge is 0.756 e. The second-order valence-corrected chi connectivity index (χ2v) is 14.4. The molecule has 0 fully saturated rings. The Balaban J connectivity index is 3.97. The average molecular weight is 700 g/mol. The first-order valence-corrected chi connectivity index (χ1v) is 21.1. The van der Waals surface area contributed by atoms with E-state index in [1.54, 1.807) is 0 Å². The summed E-state index contributed by atoms with van der Waals surface area (Å²) in [6.07, 6.45) is 38.7. The Morgan fingerprint density at radius 3 is 1.31 bits per heavy atom. The van der Waals surface area contributed by atoms with Crippen molar-refractivity contribution in [2.75, 3.05) is 13.2 Å². The Kier molecular flexibility index (Phi) is 34.3. The zero-order valence-corrected chi connectivity index (χ0v) is 31.7. The Bertz CT molecular complexity index is 838. The summed E-state index contributed by atoms with van der Waals surface area (Å²) in [6.45, 7) is 3.57. The summed E-state index contributed by atoms with van der Waals surface area (Å²) in [7, 11) is -5.00. The number of unbranched alkanes of at least 4 members (excludes halogenated alkanes) is 22.